The maximum absolute atomic E-state index is 5.75. The topological polar surface area (TPSA) is 34.1 Å². The van der Waals surface area contributed by atoms with Crippen LogP contribution in [-0.4, -0.2) is 17.6 Å². The highest BCUT2D eigenvalue weighted by molar-refractivity contribution is 7.11. The third-order valence-electron chi connectivity index (χ3n) is 3.62. The first-order valence-corrected chi connectivity index (χ1v) is 7.90. The Morgan fingerprint density at radius 3 is 2.83 bits per heavy atom. The van der Waals surface area contributed by atoms with E-state index in [4.69, 9.17) is 9.72 Å². The molecule has 0 aromatic carbocycles. The quantitative estimate of drug-likeness (QED) is 0.887. The summed E-state index contributed by atoms with van der Waals surface area (Å²) in [6.07, 6.45) is 5.27. The minimum absolute atomic E-state index is 0.266. The van der Waals surface area contributed by atoms with Crippen molar-refractivity contribution in [2.75, 3.05) is 6.61 Å². The molecule has 2 aliphatic rings. The van der Waals surface area contributed by atoms with Crippen molar-refractivity contribution < 1.29 is 4.74 Å². The van der Waals surface area contributed by atoms with Gasteiger partial charge in [-0.1, -0.05) is 13.8 Å². The lowest BCUT2D eigenvalue weighted by Gasteiger charge is -2.05. The summed E-state index contributed by atoms with van der Waals surface area (Å²) in [7, 11) is 0. The highest BCUT2D eigenvalue weighted by Gasteiger charge is 2.25. The lowest BCUT2D eigenvalue weighted by Crippen LogP contribution is -2.15. The normalized spacial score (nSPS) is 24.1. The molecule has 1 saturated heterocycles. The summed E-state index contributed by atoms with van der Waals surface area (Å²) in [5.41, 5.74) is 1.28. The van der Waals surface area contributed by atoms with E-state index in [-0.39, 0.29) is 6.10 Å². The van der Waals surface area contributed by atoms with Gasteiger partial charge >= 0.3 is 0 Å². The molecule has 18 heavy (non-hydrogen) atoms. The smallest absolute Gasteiger partial charge is 0.122 e. The van der Waals surface area contributed by atoms with Gasteiger partial charge in [0, 0.05) is 24.1 Å². The zero-order chi connectivity index (χ0) is 12.5. The number of nitrogens with one attached hydrogen (secondary N) is 1. The average Bonchev–Trinajstić information content (AvgIpc) is 2.87. The highest BCUT2D eigenvalue weighted by Crippen LogP contribution is 2.35. The molecule has 4 heteroatoms. The Bertz CT molecular complexity index is 406. The van der Waals surface area contributed by atoms with Gasteiger partial charge in [-0.05, 0) is 31.6 Å². The van der Waals surface area contributed by atoms with E-state index in [9.17, 15) is 0 Å². The minimum atomic E-state index is 0.266. The first kappa shape index (κ1) is 12.6. The second kappa shape index (κ2) is 5.27. The van der Waals surface area contributed by atoms with Crippen LogP contribution in [-0.2, 0) is 11.3 Å². The van der Waals surface area contributed by atoms with Crippen molar-refractivity contribution in [3.63, 3.8) is 0 Å². The van der Waals surface area contributed by atoms with Crippen molar-refractivity contribution in [3.8, 4) is 0 Å². The molecule has 3 nitrogen and oxygen atoms in total. The van der Waals surface area contributed by atoms with E-state index in [1.54, 1.807) is 0 Å². The number of nitrogens with zero attached hydrogens (tertiary/aromatic N) is 1. The summed E-state index contributed by atoms with van der Waals surface area (Å²) in [6, 6.07) is 0.762. The van der Waals surface area contributed by atoms with Crippen molar-refractivity contribution in [1.82, 2.24) is 10.3 Å². The predicted octanol–water partition coefficient (Wildman–Crippen LogP) is 3.37. The SMILES string of the molecule is CC(C)c1nc(C2CCCO2)sc1CNC1CC1. The van der Waals surface area contributed by atoms with E-state index in [1.807, 2.05) is 11.3 Å². The first-order valence-electron chi connectivity index (χ1n) is 7.08. The third-order valence-corrected chi connectivity index (χ3v) is 4.79. The second-order valence-corrected chi connectivity index (χ2v) is 6.79. The monoisotopic (exact) mass is 266 g/mol. The van der Waals surface area contributed by atoms with Crippen molar-refractivity contribution in [2.24, 2.45) is 0 Å². The summed E-state index contributed by atoms with van der Waals surface area (Å²) < 4.78 is 5.75. The van der Waals surface area contributed by atoms with E-state index in [0.717, 1.165) is 25.6 Å². The number of rotatable bonds is 5. The summed E-state index contributed by atoms with van der Waals surface area (Å²) in [4.78, 5) is 6.26. The summed E-state index contributed by atoms with van der Waals surface area (Å²) >= 11 is 1.86. The third kappa shape index (κ3) is 2.76. The number of hydrogen-bond acceptors (Lipinski definition) is 4. The van der Waals surface area contributed by atoms with Crippen LogP contribution in [0, 0.1) is 0 Å². The molecule has 3 rings (SSSR count). The van der Waals surface area contributed by atoms with E-state index in [0.29, 0.717) is 5.92 Å². The lowest BCUT2D eigenvalue weighted by molar-refractivity contribution is 0.111. The Balaban J connectivity index is 1.75. The van der Waals surface area contributed by atoms with Crippen LogP contribution in [0.2, 0.25) is 0 Å². The zero-order valence-corrected chi connectivity index (χ0v) is 12.1. The molecule has 1 aromatic rings. The van der Waals surface area contributed by atoms with Crippen LogP contribution in [0.1, 0.15) is 67.1 Å². The molecule has 2 fully saturated rings. The molecule has 2 heterocycles. The largest absolute Gasteiger partial charge is 0.371 e. The molecule has 1 aromatic heterocycles. The van der Waals surface area contributed by atoms with Gasteiger partial charge in [-0.3, -0.25) is 0 Å². The van der Waals surface area contributed by atoms with Crippen molar-refractivity contribution in [1.29, 1.82) is 0 Å². The summed E-state index contributed by atoms with van der Waals surface area (Å²) in [6.45, 7) is 6.35. The van der Waals surface area contributed by atoms with Gasteiger partial charge < -0.3 is 10.1 Å². The number of ether oxygens (including phenoxy) is 1. The zero-order valence-electron chi connectivity index (χ0n) is 11.2. The van der Waals surface area contributed by atoms with Crippen LogP contribution < -0.4 is 5.32 Å². The van der Waals surface area contributed by atoms with Gasteiger partial charge in [0.05, 0.1) is 5.69 Å². The van der Waals surface area contributed by atoms with Crippen LogP contribution in [0.4, 0.5) is 0 Å². The van der Waals surface area contributed by atoms with Gasteiger partial charge in [-0.2, -0.15) is 0 Å². The number of aromatic nitrogens is 1. The molecule has 0 radical (unpaired) electrons. The number of thiazole rings is 1. The maximum atomic E-state index is 5.75. The lowest BCUT2D eigenvalue weighted by atomic mass is 10.1. The second-order valence-electron chi connectivity index (χ2n) is 5.67. The Morgan fingerprint density at radius 2 is 2.22 bits per heavy atom. The van der Waals surface area contributed by atoms with Crippen LogP contribution in [0.5, 0.6) is 0 Å². The van der Waals surface area contributed by atoms with Gasteiger partial charge in [0.15, 0.2) is 0 Å². The van der Waals surface area contributed by atoms with Gasteiger partial charge in [-0.25, -0.2) is 4.98 Å². The Hall–Kier alpha value is -0.450. The minimum Gasteiger partial charge on any atom is -0.371 e. The molecule has 1 N–H and O–H groups in total. The summed E-state index contributed by atoms with van der Waals surface area (Å²) in [5, 5.41) is 4.80. The van der Waals surface area contributed by atoms with Crippen LogP contribution in [0.15, 0.2) is 0 Å². The molecule has 100 valence electrons. The van der Waals surface area contributed by atoms with Gasteiger partial charge in [0.2, 0.25) is 0 Å². The number of hydrogen-bond donors (Lipinski definition) is 1. The fraction of sp³-hybridized carbons (Fsp3) is 0.786. The molecular weight excluding hydrogens is 244 g/mol. The molecule has 1 atom stereocenters. The van der Waals surface area contributed by atoms with Gasteiger partial charge in [0.25, 0.3) is 0 Å². The fourth-order valence-corrected chi connectivity index (χ4v) is 3.65. The molecular formula is C14H22N2OS. The van der Waals surface area contributed by atoms with Gasteiger partial charge in [0.1, 0.15) is 11.1 Å². The Labute approximate surface area is 113 Å². The predicted molar refractivity (Wildman–Crippen MR) is 74.0 cm³/mol. The molecule has 0 bridgehead atoms. The van der Waals surface area contributed by atoms with Crippen LogP contribution in [0.3, 0.4) is 0 Å². The highest BCUT2D eigenvalue weighted by atomic mass is 32.1. The van der Waals surface area contributed by atoms with E-state index < -0.39 is 0 Å². The van der Waals surface area contributed by atoms with Crippen molar-refractivity contribution >= 4 is 11.3 Å². The molecule has 1 unspecified atom stereocenters. The fourth-order valence-electron chi connectivity index (χ4n) is 2.39. The molecule has 1 aliphatic carbocycles. The Morgan fingerprint density at radius 1 is 1.39 bits per heavy atom. The molecule has 0 spiro atoms. The van der Waals surface area contributed by atoms with Crippen molar-refractivity contribution in [3.05, 3.63) is 15.6 Å². The van der Waals surface area contributed by atoms with E-state index in [1.165, 1.54) is 34.8 Å². The first-order chi connectivity index (χ1) is 8.74. The van der Waals surface area contributed by atoms with Crippen LogP contribution in [0.25, 0.3) is 0 Å². The van der Waals surface area contributed by atoms with E-state index >= 15 is 0 Å². The Kier molecular flexibility index (Phi) is 3.68. The van der Waals surface area contributed by atoms with Crippen molar-refractivity contribution in [2.45, 2.75) is 64.1 Å². The van der Waals surface area contributed by atoms with Gasteiger partial charge in [-0.15, -0.1) is 11.3 Å². The summed E-state index contributed by atoms with van der Waals surface area (Å²) in [5.74, 6) is 0.507. The molecule has 1 saturated carbocycles. The maximum Gasteiger partial charge on any atom is 0.122 e. The van der Waals surface area contributed by atoms with Crippen LogP contribution >= 0.6 is 11.3 Å². The standard InChI is InChI=1S/C14H22N2OS/c1-9(2)13-12(8-15-10-5-6-10)18-14(16-13)11-4-3-7-17-11/h9-11,15H,3-8H2,1-2H3. The molecule has 0 amide bonds. The average molecular weight is 266 g/mol. The molecule has 1 aliphatic heterocycles. The van der Waals surface area contributed by atoms with E-state index in [2.05, 4.69) is 19.2 Å².